The van der Waals surface area contributed by atoms with Gasteiger partial charge in [-0.1, -0.05) is 31.4 Å². The SMILES string of the molecule is CC(=O)N1C[C@@]23C=C[C@H](C[C@@H]2CC12CCCCC2)O3. The Morgan fingerprint density at radius 1 is 1.32 bits per heavy atom. The van der Waals surface area contributed by atoms with Gasteiger partial charge in [0.2, 0.25) is 5.91 Å². The zero-order valence-corrected chi connectivity index (χ0v) is 11.7. The van der Waals surface area contributed by atoms with Crippen molar-refractivity contribution in [1.29, 1.82) is 0 Å². The highest BCUT2D eigenvalue weighted by molar-refractivity contribution is 5.74. The fraction of sp³-hybridized carbons (Fsp3) is 0.812. The maximum Gasteiger partial charge on any atom is 0.220 e. The maximum atomic E-state index is 12.2. The zero-order chi connectivity index (χ0) is 13.1. The number of amides is 1. The number of carbonyl (C=O) groups excluding carboxylic acids is 1. The summed E-state index contributed by atoms with van der Waals surface area (Å²) < 4.78 is 6.17. The van der Waals surface area contributed by atoms with E-state index in [4.69, 9.17) is 4.74 Å². The summed E-state index contributed by atoms with van der Waals surface area (Å²) in [7, 11) is 0. The van der Waals surface area contributed by atoms with E-state index in [0.29, 0.717) is 12.0 Å². The largest absolute Gasteiger partial charge is 0.361 e. The van der Waals surface area contributed by atoms with E-state index in [1.165, 1.54) is 38.5 Å². The van der Waals surface area contributed by atoms with Crippen molar-refractivity contribution in [1.82, 2.24) is 4.90 Å². The summed E-state index contributed by atoms with van der Waals surface area (Å²) in [6.45, 7) is 2.53. The van der Waals surface area contributed by atoms with Crippen LogP contribution >= 0.6 is 0 Å². The lowest BCUT2D eigenvalue weighted by Crippen LogP contribution is -2.64. The van der Waals surface area contributed by atoms with Gasteiger partial charge in [-0.05, 0) is 31.6 Å². The van der Waals surface area contributed by atoms with Gasteiger partial charge in [-0.2, -0.15) is 0 Å². The van der Waals surface area contributed by atoms with Crippen LogP contribution in [0, 0.1) is 5.92 Å². The molecule has 2 spiro atoms. The molecule has 3 aliphatic heterocycles. The van der Waals surface area contributed by atoms with E-state index in [0.717, 1.165) is 13.0 Å². The van der Waals surface area contributed by atoms with Gasteiger partial charge in [-0.3, -0.25) is 4.79 Å². The van der Waals surface area contributed by atoms with Crippen molar-refractivity contribution in [3.05, 3.63) is 12.2 Å². The molecule has 0 radical (unpaired) electrons. The molecule has 2 bridgehead atoms. The molecule has 2 saturated heterocycles. The van der Waals surface area contributed by atoms with Crippen LogP contribution < -0.4 is 0 Å². The zero-order valence-electron chi connectivity index (χ0n) is 11.7. The number of fused-ring (bicyclic) bond motifs is 1. The molecule has 0 N–H and O–H groups in total. The maximum absolute atomic E-state index is 12.2. The first-order chi connectivity index (χ1) is 9.14. The van der Waals surface area contributed by atoms with Crippen molar-refractivity contribution < 1.29 is 9.53 Å². The molecule has 4 aliphatic rings. The molecule has 0 unspecified atom stereocenters. The van der Waals surface area contributed by atoms with Gasteiger partial charge in [0, 0.05) is 12.5 Å². The Morgan fingerprint density at radius 3 is 2.79 bits per heavy atom. The first-order valence-corrected chi connectivity index (χ1v) is 7.79. The molecule has 3 fully saturated rings. The average molecular weight is 261 g/mol. The molecular formula is C16H23NO2. The summed E-state index contributed by atoms with van der Waals surface area (Å²) >= 11 is 0. The Hall–Kier alpha value is -0.830. The molecule has 3 heterocycles. The van der Waals surface area contributed by atoms with Crippen molar-refractivity contribution in [2.45, 2.75) is 69.1 Å². The van der Waals surface area contributed by atoms with Crippen LogP contribution in [0.5, 0.6) is 0 Å². The van der Waals surface area contributed by atoms with E-state index < -0.39 is 0 Å². The summed E-state index contributed by atoms with van der Waals surface area (Å²) in [5, 5.41) is 0. The molecule has 3 nitrogen and oxygen atoms in total. The minimum absolute atomic E-state index is 0.140. The molecule has 1 saturated carbocycles. The second-order valence-electron chi connectivity index (χ2n) is 7.00. The number of carbonyl (C=O) groups is 1. The number of rotatable bonds is 0. The van der Waals surface area contributed by atoms with E-state index >= 15 is 0 Å². The molecule has 4 rings (SSSR count). The van der Waals surface area contributed by atoms with Gasteiger partial charge in [0.1, 0.15) is 5.60 Å². The van der Waals surface area contributed by atoms with Gasteiger partial charge in [0.05, 0.1) is 12.6 Å². The molecule has 0 aromatic rings. The lowest BCUT2D eigenvalue weighted by Gasteiger charge is -2.55. The number of hydrogen-bond acceptors (Lipinski definition) is 2. The molecule has 3 atom stereocenters. The number of nitrogens with zero attached hydrogens (tertiary/aromatic N) is 1. The van der Waals surface area contributed by atoms with E-state index in [9.17, 15) is 4.79 Å². The van der Waals surface area contributed by atoms with Crippen molar-refractivity contribution in [2.24, 2.45) is 5.92 Å². The molecule has 104 valence electrons. The highest BCUT2D eigenvalue weighted by Gasteiger charge is 2.59. The number of hydrogen-bond donors (Lipinski definition) is 0. The lowest BCUT2D eigenvalue weighted by molar-refractivity contribution is -0.153. The third-order valence-electron chi connectivity index (χ3n) is 5.94. The summed E-state index contributed by atoms with van der Waals surface area (Å²) in [4.78, 5) is 14.3. The molecule has 1 aliphatic carbocycles. The summed E-state index contributed by atoms with van der Waals surface area (Å²) in [6, 6.07) is 0. The Morgan fingerprint density at radius 2 is 2.11 bits per heavy atom. The lowest BCUT2D eigenvalue weighted by atomic mass is 9.65. The molecule has 0 aromatic carbocycles. The van der Waals surface area contributed by atoms with Crippen LogP contribution in [0.25, 0.3) is 0 Å². The minimum atomic E-state index is -0.140. The highest BCUT2D eigenvalue weighted by atomic mass is 16.5. The van der Waals surface area contributed by atoms with Crippen LogP contribution in [0.3, 0.4) is 0 Å². The smallest absolute Gasteiger partial charge is 0.220 e. The highest BCUT2D eigenvalue weighted by Crippen LogP contribution is 2.54. The van der Waals surface area contributed by atoms with Gasteiger partial charge in [0.15, 0.2) is 0 Å². The van der Waals surface area contributed by atoms with Gasteiger partial charge >= 0.3 is 0 Å². The number of piperidine rings is 1. The number of ether oxygens (including phenoxy) is 1. The van der Waals surface area contributed by atoms with Crippen LogP contribution in [0.15, 0.2) is 12.2 Å². The second-order valence-corrected chi connectivity index (χ2v) is 7.00. The molecule has 0 aromatic heterocycles. The Labute approximate surface area is 115 Å². The molecular weight excluding hydrogens is 238 g/mol. The fourth-order valence-electron chi connectivity index (χ4n) is 5.06. The van der Waals surface area contributed by atoms with E-state index in [1.54, 1.807) is 6.92 Å². The van der Waals surface area contributed by atoms with E-state index in [-0.39, 0.29) is 17.0 Å². The van der Waals surface area contributed by atoms with Crippen molar-refractivity contribution in [3.63, 3.8) is 0 Å². The third kappa shape index (κ3) is 1.57. The van der Waals surface area contributed by atoms with Crippen molar-refractivity contribution in [3.8, 4) is 0 Å². The van der Waals surface area contributed by atoms with Crippen molar-refractivity contribution >= 4 is 5.91 Å². The normalized spacial score (nSPS) is 42.7. The standard InChI is InChI=1S/C16H23NO2/c1-12(18)17-11-16-8-5-14(19-16)9-13(16)10-15(17)6-3-2-4-7-15/h5,8,13-14H,2-4,6-7,9-11H2,1H3/t13-,14-,16+/m1/s1. The fourth-order valence-corrected chi connectivity index (χ4v) is 5.06. The predicted molar refractivity (Wildman–Crippen MR) is 72.7 cm³/mol. The van der Waals surface area contributed by atoms with Crippen LogP contribution in [-0.4, -0.2) is 34.6 Å². The molecule has 1 amide bonds. The van der Waals surface area contributed by atoms with Gasteiger partial charge < -0.3 is 9.64 Å². The summed E-state index contributed by atoms with van der Waals surface area (Å²) in [6.07, 6.45) is 13.4. The van der Waals surface area contributed by atoms with Gasteiger partial charge in [0.25, 0.3) is 0 Å². The third-order valence-corrected chi connectivity index (χ3v) is 5.94. The van der Waals surface area contributed by atoms with Crippen LogP contribution in [-0.2, 0) is 9.53 Å². The van der Waals surface area contributed by atoms with E-state index in [1.807, 2.05) is 0 Å². The van der Waals surface area contributed by atoms with Crippen LogP contribution in [0.1, 0.15) is 51.9 Å². The molecule has 3 heteroatoms. The predicted octanol–water partition coefficient (Wildman–Crippen LogP) is 2.66. The van der Waals surface area contributed by atoms with Crippen LogP contribution in [0.4, 0.5) is 0 Å². The topological polar surface area (TPSA) is 29.5 Å². The summed E-state index contributed by atoms with van der Waals surface area (Å²) in [5.41, 5.74) is 0.0146. The van der Waals surface area contributed by atoms with Crippen molar-refractivity contribution in [2.75, 3.05) is 6.54 Å². The quantitative estimate of drug-likeness (QED) is 0.627. The van der Waals surface area contributed by atoms with Crippen LogP contribution in [0.2, 0.25) is 0 Å². The monoisotopic (exact) mass is 261 g/mol. The van der Waals surface area contributed by atoms with Gasteiger partial charge in [-0.25, -0.2) is 0 Å². The summed E-state index contributed by atoms with van der Waals surface area (Å²) in [5.74, 6) is 0.873. The first-order valence-electron chi connectivity index (χ1n) is 7.79. The second kappa shape index (κ2) is 3.85. The Kier molecular flexibility index (Phi) is 2.42. The van der Waals surface area contributed by atoms with Gasteiger partial charge in [-0.15, -0.1) is 0 Å². The Bertz CT molecular complexity index is 438. The van der Waals surface area contributed by atoms with E-state index in [2.05, 4.69) is 17.1 Å². The molecule has 19 heavy (non-hydrogen) atoms. The Balaban J connectivity index is 1.69. The first kappa shape index (κ1) is 12.0. The number of likely N-dealkylation sites (tertiary alicyclic amines) is 1. The average Bonchev–Trinajstić information content (AvgIpc) is 2.94. The minimum Gasteiger partial charge on any atom is -0.361 e.